The van der Waals surface area contributed by atoms with Gasteiger partial charge in [-0.25, -0.2) is 0 Å². The molecule has 3 nitrogen and oxygen atoms in total. The van der Waals surface area contributed by atoms with Gasteiger partial charge < -0.3 is 10.2 Å². The number of rotatable bonds is 3. The molecule has 18 heavy (non-hydrogen) atoms. The van der Waals surface area contributed by atoms with Gasteiger partial charge >= 0.3 is 0 Å². The van der Waals surface area contributed by atoms with E-state index in [0.29, 0.717) is 9.90 Å². The molecule has 0 radical (unpaired) electrons. The van der Waals surface area contributed by atoms with E-state index in [9.17, 15) is 4.79 Å². The lowest BCUT2D eigenvalue weighted by molar-refractivity contribution is 0.103. The fourth-order valence-corrected chi connectivity index (χ4v) is 2.44. The van der Waals surface area contributed by atoms with Crippen molar-refractivity contribution >= 4 is 40.2 Å². The number of nitrogens with one attached hydrogen (secondary N) is 1. The van der Waals surface area contributed by atoms with Crippen LogP contribution in [0.25, 0.3) is 0 Å². The standard InChI is InChI=1S/C13H13ClN2OS/c1-16(2)11-5-3-10(4-6-11)15-13(17)12-7-9(14)8-18-12/h3-8H,1-2H3,(H,15,17). The van der Waals surface area contributed by atoms with Gasteiger partial charge in [0.05, 0.1) is 9.90 Å². The van der Waals surface area contributed by atoms with Crippen LogP contribution in [0.5, 0.6) is 0 Å². The molecule has 5 heteroatoms. The van der Waals surface area contributed by atoms with Crippen LogP contribution in [0, 0.1) is 0 Å². The molecule has 0 aliphatic heterocycles. The molecular formula is C13H13ClN2OS. The normalized spacial score (nSPS) is 10.2. The molecule has 1 N–H and O–H groups in total. The number of anilines is 2. The summed E-state index contributed by atoms with van der Waals surface area (Å²) in [5, 5.41) is 5.16. The third-order valence-corrected chi connectivity index (χ3v) is 3.71. The molecule has 1 aromatic carbocycles. The van der Waals surface area contributed by atoms with Crippen LogP contribution in [0.2, 0.25) is 5.02 Å². The number of hydrogen-bond donors (Lipinski definition) is 1. The fraction of sp³-hybridized carbons (Fsp3) is 0.154. The van der Waals surface area contributed by atoms with E-state index in [1.807, 2.05) is 43.3 Å². The van der Waals surface area contributed by atoms with E-state index < -0.39 is 0 Å². The van der Waals surface area contributed by atoms with Crippen molar-refractivity contribution in [2.75, 3.05) is 24.3 Å². The van der Waals surface area contributed by atoms with Gasteiger partial charge in [-0.1, -0.05) is 11.6 Å². The third kappa shape index (κ3) is 3.03. The maximum atomic E-state index is 11.9. The van der Waals surface area contributed by atoms with E-state index in [-0.39, 0.29) is 5.91 Å². The van der Waals surface area contributed by atoms with E-state index in [2.05, 4.69) is 5.32 Å². The van der Waals surface area contributed by atoms with Crippen LogP contribution in [-0.2, 0) is 0 Å². The van der Waals surface area contributed by atoms with Gasteiger partial charge in [-0.05, 0) is 30.3 Å². The van der Waals surface area contributed by atoms with Crippen LogP contribution in [0.4, 0.5) is 11.4 Å². The molecule has 0 atom stereocenters. The summed E-state index contributed by atoms with van der Waals surface area (Å²) < 4.78 is 0. The Hall–Kier alpha value is -1.52. The second-order valence-corrected chi connectivity index (χ2v) is 5.37. The molecular weight excluding hydrogens is 268 g/mol. The van der Waals surface area contributed by atoms with E-state index in [1.165, 1.54) is 11.3 Å². The van der Waals surface area contributed by atoms with Crippen molar-refractivity contribution in [3.05, 3.63) is 45.6 Å². The Labute approximate surface area is 115 Å². The topological polar surface area (TPSA) is 32.3 Å². The quantitative estimate of drug-likeness (QED) is 0.929. The number of carbonyl (C=O) groups excluding carboxylic acids is 1. The van der Waals surface area contributed by atoms with Gasteiger partial charge in [-0.15, -0.1) is 11.3 Å². The average Bonchev–Trinajstić information content (AvgIpc) is 2.76. The van der Waals surface area contributed by atoms with E-state index in [4.69, 9.17) is 11.6 Å². The lowest BCUT2D eigenvalue weighted by atomic mass is 10.2. The summed E-state index contributed by atoms with van der Waals surface area (Å²) in [4.78, 5) is 14.5. The highest BCUT2D eigenvalue weighted by Gasteiger charge is 2.08. The Morgan fingerprint density at radius 2 is 1.94 bits per heavy atom. The summed E-state index contributed by atoms with van der Waals surface area (Å²) in [6, 6.07) is 9.33. The molecule has 0 spiro atoms. The van der Waals surface area contributed by atoms with Crippen LogP contribution in [-0.4, -0.2) is 20.0 Å². The van der Waals surface area contributed by atoms with Gasteiger partial charge in [0.25, 0.3) is 5.91 Å². The minimum Gasteiger partial charge on any atom is -0.378 e. The Bertz CT molecular complexity index is 548. The minimum absolute atomic E-state index is 0.135. The Kier molecular flexibility index (Phi) is 3.89. The third-order valence-electron chi connectivity index (χ3n) is 2.43. The van der Waals surface area contributed by atoms with Gasteiger partial charge in [0.15, 0.2) is 0 Å². The Morgan fingerprint density at radius 1 is 1.28 bits per heavy atom. The summed E-state index contributed by atoms with van der Waals surface area (Å²) in [5.74, 6) is -0.135. The van der Waals surface area contributed by atoms with Crippen LogP contribution in [0.1, 0.15) is 9.67 Å². The second kappa shape index (κ2) is 5.42. The van der Waals surface area contributed by atoms with Crippen molar-refractivity contribution < 1.29 is 4.79 Å². The monoisotopic (exact) mass is 280 g/mol. The average molecular weight is 281 g/mol. The van der Waals surface area contributed by atoms with Crippen LogP contribution in [0.3, 0.4) is 0 Å². The van der Waals surface area contributed by atoms with Crippen LogP contribution >= 0.6 is 22.9 Å². The van der Waals surface area contributed by atoms with Gasteiger partial charge in [-0.3, -0.25) is 4.79 Å². The van der Waals surface area contributed by atoms with E-state index in [0.717, 1.165) is 11.4 Å². The zero-order valence-electron chi connectivity index (χ0n) is 10.1. The highest BCUT2D eigenvalue weighted by molar-refractivity contribution is 7.12. The molecule has 0 unspecified atom stereocenters. The molecule has 0 saturated carbocycles. The summed E-state index contributed by atoms with van der Waals surface area (Å²) >= 11 is 7.12. The first-order chi connectivity index (χ1) is 8.56. The second-order valence-electron chi connectivity index (χ2n) is 4.02. The first-order valence-electron chi connectivity index (χ1n) is 5.39. The number of benzene rings is 1. The summed E-state index contributed by atoms with van der Waals surface area (Å²) in [6.07, 6.45) is 0. The number of thiophene rings is 1. The van der Waals surface area contributed by atoms with Crippen molar-refractivity contribution in [3.8, 4) is 0 Å². The molecule has 0 aliphatic carbocycles. The lowest BCUT2D eigenvalue weighted by Crippen LogP contribution is -2.11. The Morgan fingerprint density at radius 3 is 2.44 bits per heavy atom. The SMILES string of the molecule is CN(C)c1ccc(NC(=O)c2cc(Cl)cs2)cc1. The maximum Gasteiger partial charge on any atom is 0.265 e. The van der Waals surface area contributed by atoms with Crippen molar-refractivity contribution in [2.24, 2.45) is 0 Å². The van der Waals surface area contributed by atoms with E-state index >= 15 is 0 Å². The first-order valence-corrected chi connectivity index (χ1v) is 6.65. The van der Waals surface area contributed by atoms with Crippen molar-refractivity contribution in [1.29, 1.82) is 0 Å². The fourth-order valence-electron chi connectivity index (χ4n) is 1.47. The smallest absolute Gasteiger partial charge is 0.265 e. The molecule has 1 heterocycles. The zero-order valence-corrected chi connectivity index (χ0v) is 11.7. The molecule has 2 aromatic rings. The van der Waals surface area contributed by atoms with Crippen molar-refractivity contribution in [3.63, 3.8) is 0 Å². The first kappa shape index (κ1) is 12.9. The predicted octanol–water partition coefficient (Wildman–Crippen LogP) is 3.72. The minimum atomic E-state index is -0.135. The molecule has 1 amide bonds. The molecule has 2 rings (SSSR count). The largest absolute Gasteiger partial charge is 0.378 e. The van der Waals surface area contributed by atoms with Crippen molar-refractivity contribution in [1.82, 2.24) is 0 Å². The molecule has 94 valence electrons. The predicted molar refractivity (Wildman–Crippen MR) is 78.1 cm³/mol. The van der Waals surface area contributed by atoms with Gasteiger partial charge in [0.1, 0.15) is 0 Å². The highest BCUT2D eigenvalue weighted by atomic mass is 35.5. The Balaban J connectivity index is 2.07. The summed E-state index contributed by atoms with van der Waals surface area (Å²) in [7, 11) is 3.95. The molecule has 1 aromatic heterocycles. The van der Waals surface area contributed by atoms with E-state index in [1.54, 1.807) is 11.4 Å². The molecule has 0 bridgehead atoms. The molecule has 0 saturated heterocycles. The van der Waals surface area contributed by atoms with Crippen LogP contribution < -0.4 is 10.2 Å². The number of halogens is 1. The summed E-state index contributed by atoms with van der Waals surface area (Å²) in [5.41, 5.74) is 1.86. The maximum absolute atomic E-state index is 11.9. The van der Waals surface area contributed by atoms with Gasteiger partial charge in [-0.2, -0.15) is 0 Å². The van der Waals surface area contributed by atoms with Gasteiger partial charge in [0.2, 0.25) is 0 Å². The number of hydrogen-bond acceptors (Lipinski definition) is 3. The number of amides is 1. The number of nitrogens with zero attached hydrogens (tertiary/aromatic N) is 1. The molecule has 0 aliphatic rings. The van der Waals surface area contributed by atoms with Gasteiger partial charge in [0, 0.05) is 30.9 Å². The lowest BCUT2D eigenvalue weighted by Gasteiger charge is -2.12. The number of carbonyl (C=O) groups is 1. The zero-order chi connectivity index (χ0) is 13.1. The summed E-state index contributed by atoms with van der Waals surface area (Å²) in [6.45, 7) is 0. The van der Waals surface area contributed by atoms with Crippen molar-refractivity contribution in [2.45, 2.75) is 0 Å². The van der Waals surface area contributed by atoms with Crippen LogP contribution in [0.15, 0.2) is 35.7 Å². The highest BCUT2D eigenvalue weighted by Crippen LogP contribution is 2.21. The molecule has 0 fully saturated rings.